The third-order valence-corrected chi connectivity index (χ3v) is 5.59. The Morgan fingerprint density at radius 2 is 1.55 bits per heavy atom. The Balaban J connectivity index is 1.50. The number of fused-ring (bicyclic) bond motifs is 1. The van der Waals surface area contributed by atoms with Gasteiger partial charge in [-0.25, -0.2) is 4.79 Å². The van der Waals surface area contributed by atoms with E-state index in [9.17, 15) is 14.4 Å². The van der Waals surface area contributed by atoms with Gasteiger partial charge in [0.15, 0.2) is 0 Å². The van der Waals surface area contributed by atoms with Gasteiger partial charge >= 0.3 is 6.03 Å². The SMILES string of the molecule is Cc1ccc(NC(=O)N2CC(=O)N(CC(=O)N(C)Cc3ccccc3)c3ccccc32)cc1. The fraction of sp³-hybridized carbons (Fsp3) is 0.192. The van der Waals surface area contributed by atoms with Crippen molar-refractivity contribution in [2.75, 3.05) is 35.3 Å². The van der Waals surface area contributed by atoms with Crippen molar-refractivity contribution in [1.82, 2.24) is 4.90 Å². The molecule has 0 atom stereocenters. The van der Waals surface area contributed by atoms with E-state index >= 15 is 0 Å². The molecule has 0 radical (unpaired) electrons. The molecule has 4 rings (SSSR count). The molecular formula is C26H26N4O3. The van der Waals surface area contributed by atoms with Crippen LogP contribution < -0.4 is 15.1 Å². The van der Waals surface area contributed by atoms with E-state index in [0.717, 1.165) is 11.1 Å². The molecule has 3 aromatic carbocycles. The maximum Gasteiger partial charge on any atom is 0.326 e. The summed E-state index contributed by atoms with van der Waals surface area (Å²) >= 11 is 0. The normalized spacial score (nSPS) is 12.8. The number of carbonyl (C=O) groups is 3. The number of aryl methyl sites for hydroxylation is 1. The first-order valence-electron chi connectivity index (χ1n) is 10.7. The minimum Gasteiger partial charge on any atom is -0.340 e. The van der Waals surface area contributed by atoms with Gasteiger partial charge in [-0.05, 0) is 36.8 Å². The second-order valence-corrected chi connectivity index (χ2v) is 8.09. The van der Waals surface area contributed by atoms with E-state index in [1.54, 1.807) is 30.1 Å². The van der Waals surface area contributed by atoms with Crippen LogP contribution in [0.5, 0.6) is 0 Å². The maximum atomic E-state index is 13.0. The fourth-order valence-electron chi connectivity index (χ4n) is 3.74. The third-order valence-electron chi connectivity index (χ3n) is 5.59. The highest BCUT2D eigenvalue weighted by atomic mass is 16.2. The molecule has 0 spiro atoms. The Kier molecular flexibility index (Phi) is 6.40. The number of hydrogen-bond acceptors (Lipinski definition) is 3. The van der Waals surface area contributed by atoms with Crippen LogP contribution in [0.1, 0.15) is 11.1 Å². The summed E-state index contributed by atoms with van der Waals surface area (Å²) in [5.74, 6) is -0.492. The zero-order valence-electron chi connectivity index (χ0n) is 18.7. The zero-order valence-corrected chi connectivity index (χ0v) is 18.7. The van der Waals surface area contributed by atoms with Crippen LogP contribution in [-0.2, 0) is 16.1 Å². The molecule has 1 heterocycles. The summed E-state index contributed by atoms with van der Waals surface area (Å²) in [6.45, 7) is 2.18. The number of para-hydroxylation sites is 2. The number of nitrogens with zero attached hydrogens (tertiary/aromatic N) is 3. The summed E-state index contributed by atoms with van der Waals surface area (Å²) < 4.78 is 0. The molecule has 0 saturated heterocycles. The predicted molar refractivity (Wildman–Crippen MR) is 129 cm³/mol. The predicted octanol–water partition coefficient (Wildman–Crippen LogP) is 4.04. The van der Waals surface area contributed by atoms with Crippen LogP contribution >= 0.6 is 0 Å². The maximum absolute atomic E-state index is 13.0. The molecule has 0 saturated carbocycles. The van der Waals surface area contributed by atoms with Gasteiger partial charge in [0.25, 0.3) is 0 Å². The van der Waals surface area contributed by atoms with E-state index in [1.165, 1.54) is 9.80 Å². The second kappa shape index (κ2) is 9.56. The van der Waals surface area contributed by atoms with Crippen molar-refractivity contribution in [2.24, 2.45) is 0 Å². The minimum absolute atomic E-state index is 0.0907. The Morgan fingerprint density at radius 1 is 0.909 bits per heavy atom. The highest BCUT2D eigenvalue weighted by Gasteiger charge is 2.34. The van der Waals surface area contributed by atoms with Crippen LogP contribution in [0.4, 0.5) is 21.9 Å². The summed E-state index contributed by atoms with van der Waals surface area (Å²) in [6.07, 6.45) is 0. The molecular weight excluding hydrogens is 416 g/mol. The summed E-state index contributed by atoms with van der Waals surface area (Å²) in [5.41, 5.74) is 3.87. The van der Waals surface area contributed by atoms with Crippen molar-refractivity contribution < 1.29 is 14.4 Å². The average Bonchev–Trinajstić information content (AvgIpc) is 2.82. The minimum atomic E-state index is -0.396. The van der Waals surface area contributed by atoms with Crippen molar-refractivity contribution in [3.63, 3.8) is 0 Å². The lowest BCUT2D eigenvalue weighted by Crippen LogP contribution is -2.52. The third kappa shape index (κ3) is 5.03. The van der Waals surface area contributed by atoms with Crippen LogP contribution in [0.25, 0.3) is 0 Å². The summed E-state index contributed by atoms with van der Waals surface area (Å²) in [5, 5.41) is 2.84. The van der Waals surface area contributed by atoms with E-state index in [4.69, 9.17) is 0 Å². The quantitative estimate of drug-likeness (QED) is 0.648. The van der Waals surface area contributed by atoms with Crippen LogP contribution in [0.3, 0.4) is 0 Å². The van der Waals surface area contributed by atoms with Crippen molar-refractivity contribution >= 4 is 34.9 Å². The molecule has 4 amide bonds. The molecule has 0 aromatic heterocycles. The number of hydrogen-bond donors (Lipinski definition) is 1. The molecule has 1 N–H and O–H groups in total. The molecule has 0 aliphatic carbocycles. The van der Waals surface area contributed by atoms with Gasteiger partial charge in [0.05, 0.1) is 11.4 Å². The molecule has 33 heavy (non-hydrogen) atoms. The van der Waals surface area contributed by atoms with Gasteiger partial charge in [-0.1, -0.05) is 60.2 Å². The Bertz CT molecular complexity index is 1160. The van der Waals surface area contributed by atoms with E-state index < -0.39 is 6.03 Å². The van der Waals surface area contributed by atoms with E-state index in [-0.39, 0.29) is 24.9 Å². The molecule has 0 unspecified atom stereocenters. The molecule has 7 heteroatoms. The second-order valence-electron chi connectivity index (χ2n) is 8.09. The molecule has 1 aliphatic rings. The summed E-state index contributed by atoms with van der Waals surface area (Å²) in [6, 6.07) is 23.9. The number of rotatable bonds is 5. The van der Waals surface area contributed by atoms with Crippen molar-refractivity contribution in [1.29, 1.82) is 0 Å². The van der Waals surface area contributed by atoms with Gasteiger partial charge in [0, 0.05) is 19.3 Å². The van der Waals surface area contributed by atoms with Gasteiger partial charge in [0.2, 0.25) is 11.8 Å². The smallest absolute Gasteiger partial charge is 0.326 e. The van der Waals surface area contributed by atoms with Gasteiger partial charge in [-0.2, -0.15) is 0 Å². The number of benzene rings is 3. The Morgan fingerprint density at radius 3 is 2.24 bits per heavy atom. The van der Waals surface area contributed by atoms with Crippen LogP contribution in [-0.4, -0.2) is 42.9 Å². The van der Waals surface area contributed by atoms with Gasteiger partial charge in [-0.15, -0.1) is 0 Å². The largest absolute Gasteiger partial charge is 0.340 e. The van der Waals surface area contributed by atoms with Crippen LogP contribution in [0, 0.1) is 6.92 Å². The van der Waals surface area contributed by atoms with Gasteiger partial charge in [-0.3, -0.25) is 19.4 Å². The number of nitrogens with one attached hydrogen (secondary N) is 1. The monoisotopic (exact) mass is 442 g/mol. The highest BCUT2D eigenvalue weighted by molar-refractivity contribution is 6.15. The van der Waals surface area contributed by atoms with E-state index in [2.05, 4.69) is 5.32 Å². The average molecular weight is 443 g/mol. The van der Waals surface area contributed by atoms with Crippen LogP contribution in [0.2, 0.25) is 0 Å². The van der Waals surface area contributed by atoms with Crippen LogP contribution in [0.15, 0.2) is 78.9 Å². The fourth-order valence-corrected chi connectivity index (χ4v) is 3.74. The van der Waals surface area contributed by atoms with Crippen molar-refractivity contribution in [3.8, 4) is 0 Å². The standard InChI is InChI=1S/C26H26N4O3/c1-19-12-14-21(15-13-19)27-26(33)30-18-25(32)29(22-10-6-7-11-23(22)30)17-24(31)28(2)16-20-8-4-3-5-9-20/h3-15H,16-18H2,1-2H3,(H,27,33). The lowest BCUT2D eigenvalue weighted by Gasteiger charge is -2.36. The molecule has 7 nitrogen and oxygen atoms in total. The number of urea groups is 1. The molecule has 0 fully saturated rings. The summed E-state index contributed by atoms with van der Waals surface area (Å²) in [7, 11) is 1.72. The summed E-state index contributed by atoms with van der Waals surface area (Å²) in [4.78, 5) is 43.3. The highest BCUT2D eigenvalue weighted by Crippen LogP contribution is 2.33. The number of anilines is 3. The van der Waals surface area contributed by atoms with Crippen molar-refractivity contribution in [2.45, 2.75) is 13.5 Å². The first-order valence-corrected chi connectivity index (χ1v) is 10.7. The lowest BCUT2D eigenvalue weighted by molar-refractivity contribution is -0.130. The lowest BCUT2D eigenvalue weighted by atomic mass is 10.1. The molecule has 168 valence electrons. The topological polar surface area (TPSA) is 73.0 Å². The van der Waals surface area contributed by atoms with Gasteiger partial charge in [0.1, 0.15) is 13.1 Å². The van der Waals surface area contributed by atoms with E-state index in [0.29, 0.717) is 23.6 Å². The first-order chi connectivity index (χ1) is 15.9. The number of amides is 4. The van der Waals surface area contributed by atoms with E-state index in [1.807, 2.05) is 67.6 Å². The Hall–Kier alpha value is -4.13. The Labute approximate surface area is 193 Å². The molecule has 1 aliphatic heterocycles. The number of likely N-dealkylation sites (N-methyl/N-ethyl adjacent to an activating group) is 1. The zero-order chi connectivity index (χ0) is 23.4. The molecule has 3 aromatic rings. The molecule has 0 bridgehead atoms. The first kappa shape index (κ1) is 22.1. The van der Waals surface area contributed by atoms with Crippen molar-refractivity contribution in [3.05, 3.63) is 90.0 Å². The van der Waals surface area contributed by atoms with Gasteiger partial charge < -0.3 is 10.2 Å². The number of carbonyl (C=O) groups excluding carboxylic acids is 3.